The van der Waals surface area contributed by atoms with Crippen LogP contribution in [0.3, 0.4) is 0 Å². The highest BCUT2D eigenvalue weighted by molar-refractivity contribution is 5.80. The van der Waals surface area contributed by atoms with Crippen molar-refractivity contribution in [2.45, 2.75) is 31.8 Å². The Morgan fingerprint density at radius 2 is 2.24 bits per heavy atom. The number of nitrogens with zero attached hydrogens (tertiary/aromatic N) is 2. The van der Waals surface area contributed by atoms with Crippen molar-refractivity contribution in [3.63, 3.8) is 0 Å². The van der Waals surface area contributed by atoms with Gasteiger partial charge in [0.1, 0.15) is 0 Å². The predicted octanol–water partition coefficient (Wildman–Crippen LogP) is 0.720. The van der Waals surface area contributed by atoms with Crippen LogP contribution in [0.1, 0.15) is 24.8 Å². The molecule has 21 heavy (non-hydrogen) atoms. The molecule has 1 fully saturated rings. The minimum absolute atomic E-state index is 0.00312. The Labute approximate surface area is 122 Å². The van der Waals surface area contributed by atoms with Crippen molar-refractivity contribution in [3.05, 3.63) is 33.9 Å². The summed E-state index contributed by atoms with van der Waals surface area (Å²) in [7, 11) is 0. The van der Waals surface area contributed by atoms with Crippen LogP contribution in [-0.2, 0) is 11.3 Å². The first kappa shape index (κ1) is 15.2. The lowest BCUT2D eigenvalue weighted by Crippen LogP contribution is -2.47. The molecule has 0 saturated carbocycles. The van der Waals surface area contributed by atoms with Crippen LogP contribution >= 0.6 is 0 Å². The number of piperidine rings is 1. The van der Waals surface area contributed by atoms with Crippen LogP contribution in [0, 0.1) is 10.1 Å². The van der Waals surface area contributed by atoms with Gasteiger partial charge in [0.25, 0.3) is 5.69 Å². The number of non-ortho nitro benzene ring substituents is 1. The molecule has 1 atom stereocenters. The number of anilines is 1. The van der Waals surface area contributed by atoms with Gasteiger partial charge < -0.3 is 11.2 Å². The number of amides is 1. The number of carbonyl (C=O) groups excluding carboxylic acids is 1. The molecule has 1 aliphatic rings. The lowest BCUT2D eigenvalue weighted by atomic mass is 10.00. The number of rotatable bonds is 5. The molecule has 0 aromatic heterocycles. The van der Waals surface area contributed by atoms with Gasteiger partial charge in [0.2, 0.25) is 5.91 Å². The first-order chi connectivity index (χ1) is 10.0. The van der Waals surface area contributed by atoms with Gasteiger partial charge in [0, 0.05) is 18.7 Å². The summed E-state index contributed by atoms with van der Waals surface area (Å²) >= 11 is 0. The standard InChI is InChI=1S/C13H19N5O3/c14-13(19)12-3-1-2-6-17(12)8-9-7-10(18(20)21)4-5-11(9)16-15/h4-5,7,12,16H,1-3,6,8,15H2,(H2,14,19). The molecule has 8 heteroatoms. The van der Waals surface area contributed by atoms with E-state index < -0.39 is 4.92 Å². The van der Waals surface area contributed by atoms with E-state index in [4.69, 9.17) is 11.6 Å². The Morgan fingerprint density at radius 3 is 2.86 bits per heavy atom. The zero-order valence-corrected chi connectivity index (χ0v) is 11.6. The van der Waals surface area contributed by atoms with Gasteiger partial charge in [0.15, 0.2) is 0 Å². The molecule has 5 N–H and O–H groups in total. The van der Waals surface area contributed by atoms with Crippen LogP contribution in [0.5, 0.6) is 0 Å². The number of hydrogen-bond acceptors (Lipinski definition) is 6. The van der Waals surface area contributed by atoms with E-state index in [0.717, 1.165) is 25.8 Å². The minimum Gasteiger partial charge on any atom is -0.368 e. The van der Waals surface area contributed by atoms with Crippen molar-refractivity contribution in [1.82, 2.24) is 4.90 Å². The molecule has 1 aromatic rings. The van der Waals surface area contributed by atoms with Crippen molar-refractivity contribution in [1.29, 1.82) is 0 Å². The number of nitrogens with two attached hydrogens (primary N) is 2. The van der Waals surface area contributed by atoms with E-state index in [2.05, 4.69) is 5.43 Å². The maximum Gasteiger partial charge on any atom is 0.269 e. The average molecular weight is 293 g/mol. The maximum absolute atomic E-state index is 11.5. The summed E-state index contributed by atoms with van der Waals surface area (Å²) in [6.07, 6.45) is 2.65. The summed E-state index contributed by atoms with van der Waals surface area (Å²) in [5, 5.41) is 10.9. The van der Waals surface area contributed by atoms with Crippen LogP contribution in [0.2, 0.25) is 0 Å². The summed E-state index contributed by atoms with van der Waals surface area (Å²) < 4.78 is 0. The molecule has 0 radical (unpaired) electrons. The largest absolute Gasteiger partial charge is 0.368 e. The molecule has 0 bridgehead atoms. The number of nitro groups is 1. The van der Waals surface area contributed by atoms with Crippen LogP contribution in [0.25, 0.3) is 0 Å². The van der Waals surface area contributed by atoms with Crippen molar-refractivity contribution in [3.8, 4) is 0 Å². The molecule has 0 spiro atoms. The zero-order valence-electron chi connectivity index (χ0n) is 11.6. The number of hydrazine groups is 1. The lowest BCUT2D eigenvalue weighted by Gasteiger charge is -2.33. The first-order valence-corrected chi connectivity index (χ1v) is 6.80. The number of nitrogen functional groups attached to an aromatic ring is 1. The highest BCUT2D eigenvalue weighted by Gasteiger charge is 2.27. The maximum atomic E-state index is 11.5. The third-order valence-electron chi connectivity index (χ3n) is 3.77. The third kappa shape index (κ3) is 3.47. The molecular formula is C13H19N5O3. The number of hydrogen-bond donors (Lipinski definition) is 3. The van der Waals surface area contributed by atoms with Crippen molar-refractivity contribution >= 4 is 17.3 Å². The van der Waals surface area contributed by atoms with Crippen molar-refractivity contribution < 1.29 is 9.72 Å². The van der Waals surface area contributed by atoms with E-state index in [0.29, 0.717) is 17.8 Å². The van der Waals surface area contributed by atoms with Gasteiger partial charge in [-0.3, -0.25) is 25.7 Å². The van der Waals surface area contributed by atoms with E-state index in [1.54, 1.807) is 6.07 Å². The number of carbonyl (C=O) groups is 1. The Balaban J connectivity index is 2.25. The van der Waals surface area contributed by atoms with Gasteiger partial charge in [0.05, 0.1) is 16.7 Å². The van der Waals surface area contributed by atoms with Gasteiger partial charge in [-0.05, 0) is 31.0 Å². The van der Waals surface area contributed by atoms with E-state index in [1.165, 1.54) is 12.1 Å². The summed E-state index contributed by atoms with van der Waals surface area (Å²) in [6, 6.07) is 4.10. The van der Waals surface area contributed by atoms with E-state index in [9.17, 15) is 14.9 Å². The molecule has 1 aromatic carbocycles. The average Bonchev–Trinajstić information content (AvgIpc) is 2.47. The molecule has 0 aliphatic carbocycles. The summed E-state index contributed by atoms with van der Waals surface area (Å²) in [5.41, 5.74) is 9.24. The zero-order chi connectivity index (χ0) is 15.4. The van der Waals surface area contributed by atoms with Crippen LogP contribution in [0.4, 0.5) is 11.4 Å². The second kappa shape index (κ2) is 6.51. The fourth-order valence-corrected chi connectivity index (χ4v) is 2.69. The molecule has 8 nitrogen and oxygen atoms in total. The molecule has 1 amide bonds. The molecule has 1 saturated heterocycles. The number of nitro benzene ring substituents is 1. The monoisotopic (exact) mass is 293 g/mol. The Morgan fingerprint density at radius 1 is 1.48 bits per heavy atom. The van der Waals surface area contributed by atoms with Crippen molar-refractivity contribution in [2.75, 3.05) is 12.0 Å². The normalized spacial score (nSPS) is 19.2. The quantitative estimate of drug-likeness (QED) is 0.417. The Hall–Kier alpha value is -2.19. The van der Waals surface area contributed by atoms with Crippen LogP contribution in [0.15, 0.2) is 18.2 Å². The van der Waals surface area contributed by atoms with Crippen LogP contribution < -0.4 is 17.0 Å². The second-order valence-electron chi connectivity index (χ2n) is 5.13. The topological polar surface area (TPSA) is 128 Å². The van der Waals surface area contributed by atoms with Gasteiger partial charge in [-0.1, -0.05) is 6.42 Å². The fraction of sp³-hybridized carbons (Fsp3) is 0.462. The highest BCUT2D eigenvalue weighted by atomic mass is 16.6. The molecule has 1 heterocycles. The smallest absolute Gasteiger partial charge is 0.269 e. The highest BCUT2D eigenvalue weighted by Crippen LogP contribution is 2.26. The molecule has 1 unspecified atom stereocenters. The van der Waals surface area contributed by atoms with Crippen LogP contribution in [-0.4, -0.2) is 28.3 Å². The van der Waals surface area contributed by atoms with Gasteiger partial charge >= 0.3 is 0 Å². The van der Waals surface area contributed by atoms with Gasteiger partial charge in [-0.25, -0.2) is 0 Å². The number of nitrogens with one attached hydrogen (secondary N) is 1. The van der Waals surface area contributed by atoms with E-state index >= 15 is 0 Å². The van der Waals surface area contributed by atoms with Gasteiger partial charge in [-0.2, -0.15) is 0 Å². The second-order valence-corrected chi connectivity index (χ2v) is 5.13. The SMILES string of the molecule is NNc1ccc([N+](=O)[O-])cc1CN1CCCCC1C(N)=O. The number of benzene rings is 1. The van der Waals surface area contributed by atoms with Crippen molar-refractivity contribution in [2.24, 2.45) is 11.6 Å². The number of likely N-dealkylation sites (tertiary alicyclic amines) is 1. The number of primary amides is 1. The predicted molar refractivity (Wildman–Crippen MR) is 78.1 cm³/mol. The fourth-order valence-electron chi connectivity index (χ4n) is 2.69. The molecule has 1 aliphatic heterocycles. The Bertz CT molecular complexity index is 549. The minimum atomic E-state index is -0.453. The van der Waals surface area contributed by atoms with Gasteiger partial charge in [-0.15, -0.1) is 0 Å². The lowest BCUT2D eigenvalue weighted by molar-refractivity contribution is -0.384. The summed E-state index contributed by atoms with van der Waals surface area (Å²) in [5.74, 6) is 5.09. The molecule has 114 valence electrons. The molecule has 2 rings (SSSR count). The first-order valence-electron chi connectivity index (χ1n) is 6.80. The van der Waals surface area contributed by atoms with E-state index in [1.807, 2.05) is 4.90 Å². The summed E-state index contributed by atoms with van der Waals surface area (Å²) in [4.78, 5) is 23.9. The Kier molecular flexibility index (Phi) is 4.71. The van der Waals surface area contributed by atoms with E-state index in [-0.39, 0.29) is 17.6 Å². The molecular weight excluding hydrogens is 274 g/mol. The summed E-state index contributed by atoms with van der Waals surface area (Å²) in [6.45, 7) is 1.13. The third-order valence-corrected chi connectivity index (χ3v) is 3.77.